The lowest BCUT2D eigenvalue weighted by Crippen LogP contribution is -2.48. The van der Waals surface area contributed by atoms with Gasteiger partial charge in [-0.1, -0.05) is 13.0 Å². The second-order valence-electron chi connectivity index (χ2n) is 4.99. The molecule has 0 bridgehead atoms. The number of halogens is 1. The first kappa shape index (κ1) is 16.6. The summed E-state index contributed by atoms with van der Waals surface area (Å²) in [6, 6.07) is 5.01. The van der Waals surface area contributed by atoms with Crippen molar-refractivity contribution in [2.75, 3.05) is 35.8 Å². The largest absolute Gasteiger partial charge is 0.351 e. The van der Waals surface area contributed by atoms with Gasteiger partial charge in [0.2, 0.25) is 0 Å². The number of anilines is 1. The molecule has 1 aromatic carbocycles. The van der Waals surface area contributed by atoms with E-state index in [1.807, 2.05) is 6.07 Å². The van der Waals surface area contributed by atoms with Gasteiger partial charge < -0.3 is 10.2 Å². The van der Waals surface area contributed by atoms with Gasteiger partial charge in [-0.15, -0.1) is 0 Å². The Morgan fingerprint density at radius 1 is 1.48 bits per heavy atom. The van der Waals surface area contributed by atoms with Crippen LogP contribution in [-0.4, -0.2) is 44.6 Å². The fourth-order valence-corrected chi connectivity index (χ4v) is 5.43. The first-order chi connectivity index (χ1) is 9.99. The van der Waals surface area contributed by atoms with E-state index in [9.17, 15) is 12.8 Å². The van der Waals surface area contributed by atoms with Gasteiger partial charge in [0, 0.05) is 30.3 Å². The highest BCUT2D eigenvalue weighted by atomic mass is 32.2. The number of nitrogens with one attached hydrogen (secondary N) is 1. The van der Waals surface area contributed by atoms with E-state index in [0.29, 0.717) is 24.5 Å². The number of rotatable bonds is 5. The predicted molar refractivity (Wildman–Crippen MR) is 87.1 cm³/mol. The monoisotopic (exact) mass is 332 g/mol. The molecule has 0 spiro atoms. The molecule has 2 rings (SSSR count). The molecule has 1 atom stereocenters. The molecule has 0 radical (unpaired) electrons. The second kappa shape index (κ2) is 6.98. The Bertz CT molecular complexity index is 593. The van der Waals surface area contributed by atoms with E-state index >= 15 is 0 Å². The Morgan fingerprint density at radius 2 is 2.24 bits per heavy atom. The molecule has 0 aromatic heterocycles. The highest BCUT2D eigenvalue weighted by Crippen LogP contribution is 2.29. The van der Waals surface area contributed by atoms with Crippen LogP contribution in [0, 0.1) is 5.82 Å². The van der Waals surface area contributed by atoms with Gasteiger partial charge in [-0.2, -0.15) is 11.8 Å². The van der Waals surface area contributed by atoms with Crippen LogP contribution in [0.3, 0.4) is 0 Å². The minimum Gasteiger partial charge on any atom is -0.351 e. The highest BCUT2D eigenvalue weighted by Gasteiger charge is 2.34. The number of benzene rings is 1. The van der Waals surface area contributed by atoms with Gasteiger partial charge in [0.05, 0.1) is 5.69 Å². The van der Waals surface area contributed by atoms with Crippen molar-refractivity contribution < 1.29 is 12.8 Å². The summed E-state index contributed by atoms with van der Waals surface area (Å²) in [6.07, 6.45) is 0. The van der Waals surface area contributed by atoms with Crippen molar-refractivity contribution >= 4 is 27.3 Å². The van der Waals surface area contributed by atoms with Gasteiger partial charge in [-0.3, -0.25) is 0 Å². The molecule has 1 aliphatic rings. The highest BCUT2D eigenvalue weighted by molar-refractivity contribution is 8.01. The molecule has 1 aliphatic heterocycles. The summed E-state index contributed by atoms with van der Waals surface area (Å²) < 4.78 is 38.8. The van der Waals surface area contributed by atoms with Crippen LogP contribution in [0.5, 0.6) is 0 Å². The lowest BCUT2D eigenvalue weighted by molar-refractivity contribution is 0.574. The molecule has 1 saturated heterocycles. The average molecular weight is 332 g/mol. The summed E-state index contributed by atoms with van der Waals surface area (Å²) in [6.45, 7) is 2.78. The molecule has 21 heavy (non-hydrogen) atoms. The summed E-state index contributed by atoms with van der Waals surface area (Å²) in [5.41, 5.74) is 1.23. The first-order valence-corrected chi connectivity index (χ1v) is 9.85. The molecule has 1 N–H and O–H groups in total. The topological polar surface area (TPSA) is 49.4 Å². The lowest BCUT2D eigenvalue weighted by Gasteiger charge is -2.36. The zero-order valence-corrected chi connectivity index (χ0v) is 13.9. The van der Waals surface area contributed by atoms with Gasteiger partial charge in [0.1, 0.15) is 11.2 Å². The third-order valence-electron chi connectivity index (χ3n) is 3.60. The van der Waals surface area contributed by atoms with Crippen molar-refractivity contribution in [3.05, 3.63) is 29.6 Å². The van der Waals surface area contributed by atoms with Gasteiger partial charge in [0.25, 0.3) is 0 Å². The van der Waals surface area contributed by atoms with E-state index < -0.39 is 15.2 Å². The zero-order chi connectivity index (χ0) is 15.5. The van der Waals surface area contributed by atoms with Gasteiger partial charge >= 0.3 is 0 Å². The molecule has 1 fully saturated rings. The second-order valence-corrected chi connectivity index (χ2v) is 8.59. The molecule has 0 saturated carbocycles. The van der Waals surface area contributed by atoms with Crippen molar-refractivity contribution in [3.63, 3.8) is 0 Å². The molecule has 1 heterocycles. The minimum atomic E-state index is -3.23. The Morgan fingerprint density at radius 3 is 2.86 bits per heavy atom. The van der Waals surface area contributed by atoms with Crippen molar-refractivity contribution in [2.45, 2.75) is 18.8 Å². The molecule has 0 amide bonds. The Hall–Kier alpha value is -0.790. The van der Waals surface area contributed by atoms with E-state index in [2.05, 4.69) is 5.32 Å². The number of nitrogens with zero attached hydrogens (tertiary/aromatic N) is 1. The van der Waals surface area contributed by atoms with Crippen LogP contribution in [0.2, 0.25) is 0 Å². The molecule has 4 nitrogen and oxygen atoms in total. The van der Waals surface area contributed by atoms with E-state index in [4.69, 9.17) is 0 Å². The normalized spacial score (nSPS) is 19.8. The van der Waals surface area contributed by atoms with E-state index in [-0.39, 0.29) is 11.6 Å². The Balaban J connectivity index is 2.34. The summed E-state index contributed by atoms with van der Waals surface area (Å²) in [5.74, 6) is 1.03. The van der Waals surface area contributed by atoms with Crippen molar-refractivity contribution in [1.82, 2.24) is 5.32 Å². The summed E-state index contributed by atoms with van der Waals surface area (Å²) in [7, 11) is -1.43. The van der Waals surface area contributed by atoms with Crippen LogP contribution >= 0.6 is 11.8 Å². The predicted octanol–water partition coefficient (Wildman–Crippen LogP) is 1.86. The van der Waals surface area contributed by atoms with Gasteiger partial charge in [0.15, 0.2) is 9.84 Å². The van der Waals surface area contributed by atoms with Crippen molar-refractivity contribution in [1.29, 1.82) is 0 Å². The molecule has 1 unspecified atom stereocenters. The number of sulfone groups is 1. The van der Waals surface area contributed by atoms with Crippen molar-refractivity contribution in [3.8, 4) is 0 Å². The minimum absolute atomic E-state index is 0.0776. The molecular weight excluding hydrogens is 311 g/mol. The van der Waals surface area contributed by atoms with Crippen LogP contribution in [-0.2, 0) is 16.4 Å². The van der Waals surface area contributed by atoms with Crippen LogP contribution in [0.1, 0.15) is 12.5 Å². The average Bonchev–Trinajstić information content (AvgIpc) is 2.48. The lowest BCUT2D eigenvalue weighted by atomic mass is 10.2. The van der Waals surface area contributed by atoms with Crippen molar-refractivity contribution in [2.24, 2.45) is 0 Å². The third kappa shape index (κ3) is 3.70. The fraction of sp³-hybridized carbons (Fsp3) is 0.571. The Labute approximate surface area is 130 Å². The van der Waals surface area contributed by atoms with E-state index in [0.717, 1.165) is 11.3 Å². The summed E-state index contributed by atoms with van der Waals surface area (Å²) in [5, 5.41) is 2.34. The van der Waals surface area contributed by atoms with E-state index in [1.54, 1.807) is 36.7 Å². The maximum Gasteiger partial charge on any atom is 0.171 e. The van der Waals surface area contributed by atoms with E-state index in [1.165, 1.54) is 6.07 Å². The standard InChI is InChI=1S/C14H21FN2O2S2/c1-3-21(18,19)14-10-20-7-6-17(14)13-5-4-11(9-16-2)8-12(13)15/h4-5,8,14,16H,3,6-7,9-10H2,1-2H3. The first-order valence-electron chi connectivity index (χ1n) is 6.98. The maximum absolute atomic E-state index is 14.4. The maximum atomic E-state index is 14.4. The molecular formula is C14H21FN2O2S2. The van der Waals surface area contributed by atoms with Crippen LogP contribution in [0.4, 0.5) is 10.1 Å². The number of hydrogen-bond donors (Lipinski definition) is 1. The zero-order valence-electron chi connectivity index (χ0n) is 12.3. The van der Waals surface area contributed by atoms with Crippen LogP contribution in [0.25, 0.3) is 0 Å². The van der Waals surface area contributed by atoms with Crippen LogP contribution < -0.4 is 10.2 Å². The van der Waals surface area contributed by atoms with Gasteiger partial charge in [-0.25, -0.2) is 12.8 Å². The molecule has 1 aromatic rings. The Kier molecular flexibility index (Phi) is 5.51. The molecule has 0 aliphatic carbocycles. The van der Waals surface area contributed by atoms with Crippen LogP contribution in [0.15, 0.2) is 18.2 Å². The SMILES string of the molecule is CCS(=O)(=O)C1CSCCN1c1ccc(CNC)cc1F. The number of thioether (sulfide) groups is 1. The fourth-order valence-electron chi connectivity index (χ4n) is 2.44. The summed E-state index contributed by atoms with van der Waals surface area (Å²) in [4.78, 5) is 1.70. The molecule has 7 heteroatoms. The third-order valence-corrected chi connectivity index (χ3v) is 6.89. The quantitative estimate of drug-likeness (QED) is 0.892. The molecule has 118 valence electrons. The van der Waals surface area contributed by atoms with Gasteiger partial charge in [-0.05, 0) is 24.7 Å². The number of hydrogen-bond acceptors (Lipinski definition) is 5. The smallest absolute Gasteiger partial charge is 0.171 e. The summed E-state index contributed by atoms with van der Waals surface area (Å²) >= 11 is 1.61.